The maximum Gasteiger partial charge on any atom is 0.407 e. The van der Waals surface area contributed by atoms with Crippen molar-refractivity contribution >= 4 is 39.4 Å². The third-order valence-corrected chi connectivity index (χ3v) is 5.82. The lowest BCUT2D eigenvalue weighted by Gasteiger charge is -2.18. The second kappa shape index (κ2) is 10.3. The first kappa shape index (κ1) is 22.5. The van der Waals surface area contributed by atoms with Crippen molar-refractivity contribution < 1.29 is 14.3 Å². The quantitative estimate of drug-likeness (QED) is 0.334. The fourth-order valence-corrected chi connectivity index (χ4v) is 4.14. The first-order valence-corrected chi connectivity index (χ1v) is 11.7. The van der Waals surface area contributed by atoms with Crippen molar-refractivity contribution in [1.82, 2.24) is 15.3 Å². The maximum absolute atomic E-state index is 13.2. The molecule has 0 bridgehead atoms. The smallest absolute Gasteiger partial charge is 0.407 e. The second-order valence-electron chi connectivity index (χ2n) is 8.15. The fraction of sp³-hybridized carbons (Fsp3) is 0.240. The van der Waals surface area contributed by atoms with Crippen LogP contribution in [0, 0.1) is 5.92 Å². The minimum atomic E-state index is -0.826. The van der Waals surface area contributed by atoms with Gasteiger partial charge in [-0.1, -0.05) is 62.4 Å². The molecule has 2 heterocycles. The number of fused-ring (bicyclic) bond motifs is 1. The van der Waals surface area contributed by atoms with Gasteiger partial charge in [0.25, 0.3) is 0 Å². The summed E-state index contributed by atoms with van der Waals surface area (Å²) in [6.45, 7) is 4.19. The summed E-state index contributed by atoms with van der Waals surface area (Å²) in [4.78, 5) is 33.3. The van der Waals surface area contributed by atoms with E-state index in [1.165, 1.54) is 11.3 Å². The monoisotopic (exact) mass is 462 g/mol. The summed E-state index contributed by atoms with van der Waals surface area (Å²) in [5, 5.41) is 8.95. The lowest BCUT2D eigenvalue weighted by molar-refractivity contribution is -0.118. The number of alkyl carbamates (subject to hydrolysis) is 1. The zero-order chi connectivity index (χ0) is 23.2. The molecule has 8 heteroatoms. The van der Waals surface area contributed by atoms with Crippen LogP contribution in [0.1, 0.15) is 19.4 Å². The Labute approximate surface area is 196 Å². The largest absolute Gasteiger partial charge is 0.449 e. The van der Waals surface area contributed by atoms with E-state index in [4.69, 9.17) is 4.74 Å². The van der Waals surface area contributed by atoms with E-state index in [2.05, 4.69) is 20.6 Å². The first-order valence-electron chi connectivity index (χ1n) is 10.8. The molecule has 7 nitrogen and oxygen atoms in total. The van der Waals surface area contributed by atoms with Crippen LogP contribution in [0.2, 0.25) is 0 Å². The van der Waals surface area contributed by atoms with Crippen LogP contribution in [0.4, 0.5) is 9.93 Å². The van der Waals surface area contributed by atoms with Crippen LogP contribution in [0.15, 0.2) is 66.2 Å². The number of ether oxygens (including phenoxy) is 1. The molecular formula is C25H26N4O3S. The number of hydrogen-bond donors (Lipinski definition) is 3. The molecular weight excluding hydrogens is 436 g/mol. The molecule has 2 aromatic heterocycles. The highest BCUT2D eigenvalue weighted by molar-refractivity contribution is 7.14. The number of hydrogen-bond acceptors (Lipinski definition) is 5. The molecule has 0 fully saturated rings. The second-order valence-corrected chi connectivity index (χ2v) is 9.00. The van der Waals surface area contributed by atoms with Crippen LogP contribution in [0.3, 0.4) is 0 Å². The van der Waals surface area contributed by atoms with Gasteiger partial charge in [0.2, 0.25) is 5.91 Å². The van der Waals surface area contributed by atoms with Gasteiger partial charge < -0.3 is 20.4 Å². The number of anilines is 1. The highest BCUT2D eigenvalue weighted by Crippen LogP contribution is 2.25. The van der Waals surface area contributed by atoms with E-state index in [0.29, 0.717) is 11.6 Å². The molecule has 2 amide bonds. The molecule has 0 unspecified atom stereocenters. The summed E-state index contributed by atoms with van der Waals surface area (Å²) in [6.07, 6.45) is 1.56. The summed E-state index contributed by atoms with van der Waals surface area (Å²) < 4.78 is 5.25. The number of aromatic nitrogens is 2. The molecule has 0 saturated heterocycles. The average Bonchev–Trinajstić information content (AvgIpc) is 3.45. The molecule has 0 aliphatic carbocycles. The molecule has 4 rings (SSSR count). The molecule has 3 N–H and O–H groups in total. The van der Waals surface area contributed by atoms with Crippen LogP contribution in [0.25, 0.3) is 22.2 Å². The van der Waals surface area contributed by atoms with Gasteiger partial charge in [-0.2, -0.15) is 0 Å². The van der Waals surface area contributed by atoms with Gasteiger partial charge in [-0.3, -0.25) is 4.79 Å². The molecule has 0 radical (unpaired) electrons. The van der Waals surface area contributed by atoms with E-state index < -0.39 is 12.1 Å². The minimum Gasteiger partial charge on any atom is -0.449 e. The van der Waals surface area contributed by atoms with E-state index >= 15 is 0 Å². The van der Waals surface area contributed by atoms with Crippen molar-refractivity contribution in [1.29, 1.82) is 0 Å². The number of rotatable bonds is 8. The summed E-state index contributed by atoms with van der Waals surface area (Å²) >= 11 is 1.34. The Morgan fingerprint density at radius 1 is 1.09 bits per heavy atom. The van der Waals surface area contributed by atoms with Gasteiger partial charge in [0.05, 0.1) is 12.3 Å². The Morgan fingerprint density at radius 2 is 1.85 bits per heavy atom. The van der Waals surface area contributed by atoms with Gasteiger partial charge in [-0.15, -0.1) is 11.3 Å². The van der Waals surface area contributed by atoms with Crippen molar-refractivity contribution in [2.75, 3.05) is 11.9 Å². The van der Waals surface area contributed by atoms with Gasteiger partial charge in [-0.05, 0) is 17.5 Å². The van der Waals surface area contributed by atoms with Gasteiger partial charge >= 0.3 is 6.09 Å². The Morgan fingerprint density at radius 3 is 2.64 bits per heavy atom. The number of aromatic amines is 1. The van der Waals surface area contributed by atoms with Crippen LogP contribution in [0.5, 0.6) is 0 Å². The van der Waals surface area contributed by atoms with E-state index in [-0.39, 0.29) is 18.4 Å². The summed E-state index contributed by atoms with van der Waals surface area (Å²) in [5.74, 6) is -0.154. The van der Waals surface area contributed by atoms with E-state index in [0.717, 1.165) is 27.7 Å². The average molecular weight is 463 g/mol. The normalized spacial score (nSPS) is 12.0. The highest BCUT2D eigenvalue weighted by atomic mass is 32.1. The predicted octanol–water partition coefficient (Wildman–Crippen LogP) is 5.22. The molecule has 0 spiro atoms. The van der Waals surface area contributed by atoms with Crippen molar-refractivity contribution in [2.45, 2.75) is 26.3 Å². The molecule has 4 aromatic rings. The zero-order valence-corrected chi connectivity index (χ0v) is 19.3. The van der Waals surface area contributed by atoms with Crippen molar-refractivity contribution in [3.63, 3.8) is 0 Å². The van der Waals surface area contributed by atoms with Crippen LogP contribution >= 0.6 is 11.3 Å². The van der Waals surface area contributed by atoms with Gasteiger partial charge in [0, 0.05) is 34.5 Å². The van der Waals surface area contributed by atoms with E-state index in [1.807, 2.05) is 80.0 Å². The third kappa shape index (κ3) is 5.78. The lowest BCUT2D eigenvalue weighted by atomic mass is 10.0. The van der Waals surface area contributed by atoms with Crippen LogP contribution < -0.4 is 10.6 Å². The van der Waals surface area contributed by atoms with Crippen LogP contribution in [-0.2, 0) is 16.0 Å². The molecule has 170 valence electrons. The SMILES string of the molecule is CC(C)COC(=O)N[C@H](Cc1c[nH]c2ccccc12)C(=O)Nc1nc(-c2ccccc2)cs1. The van der Waals surface area contributed by atoms with E-state index in [9.17, 15) is 9.59 Å². The first-order chi connectivity index (χ1) is 16.0. The Hall–Kier alpha value is -3.65. The van der Waals surface area contributed by atoms with E-state index in [1.54, 1.807) is 0 Å². The minimum absolute atomic E-state index is 0.198. The summed E-state index contributed by atoms with van der Waals surface area (Å²) in [5.41, 5.74) is 3.66. The Kier molecular flexibility index (Phi) is 7.04. The van der Waals surface area contributed by atoms with Crippen molar-refractivity contribution in [3.05, 3.63) is 71.7 Å². The molecule has 2 aromatic carbocycles. The Balaban J connectivity index is 1.51. The number of carbonyl (C=O) groups is 2. The number of para-hydroxylation sites is 1. The number of carbonyl (C=O) groups excluding carboxylic acids is 2. The third-order valence-electron chi connectivity index (χ3n) is 5.06. The van der Waals surface area contributed by atoms with Gasteiger partial charge in [0.1, 0.15) is 6.04 Å². The molecule has 33 heavy (non-hydrogen) atoms. The van der Waals surface area contributed by atoms with Crippen LogP contribution in [-0.4, -0.2) is 34.6 Å². The topological polar surface area (TPSA) is 96.1 Å². The zero-order valence-electron chi connectivity index (χ0n) is 18.5. The molecule has 0 saturated carbocycles. The lowest BCUT2D eigenvalue weighted by Crippen LogP contribution is -2.45. The number of H-pyrrole nitrogens is 1. The number of nitrogens with one attached hydrogen (secondary N) is 3. The number of nitrogens with zero attached hydrogens (tertiary/aromatic N) is 1. The number of amides is 2. The number of thiazole rings is 1. The van der Waals surface area contributed by atoms with Gasteiger partial charge in [0.15, 0.2) is 5.13 Å². The fourth-order valence-electron chi connectivity index (χ4n) is 3.42. The maximum atomic E-state index is 13.2. The highest BCUT2D eigenvalue weighted by Gasteiger charge is 2.24. The van der Waals surface area contributed by atoms with Crippen molar-refractivity contribution in [3.8, 4) is 11.3 Å². The summed E-state index contributed by atoms with van der Waals surface area (Å²) in [7, 11) is 0. The summed E-state index contributed by atoms with van der Waals surface area (Å²) in [6, 6.07) is 16.8. The van der Waals surface area contributed by atoms with Gasteiger partial charge in [-0.25, -0.2) is 9.78 Å². The molecule has 1 atom stereocenters. The number of benzene rings is 2. The standard InChI is InChI=1S/C25H26N4O3S/c1-16(2)14-32-25(31)28-21(12-18-13-26-20-11-7-6-10-19(18)20)23(30)29-24-27-22(15-33-24)17-8-4-3-5-9-17/h3-11,13,15-16,21,26H,12,14H2,1-2H3,(H,28,31)(H,27,29,30)/t21-/m1/s1. The van der Waals surface area contributed by atoms with Crippen molar-refractivity contribution in [2.24, 2.45) is 5.92 Å². The molecule has 0 aliphatic heterocycles. The molecule has 0 aliphatic rings. The Bertz CT molecular complexity index is 1230. The predicted molar refractivity (Wildman–Crippen MR) is 131 cm³/mol.